The number of hydrogen-bond acceptors (Lipinski definition) is 5. The zero-order valence-electron chi connectivity index (χ0n) is 13.1. The van der Waals surface area contributed by atoms with Crippen molar-refractivity contribution in [2.24, 2.45) is 5.92 Å². The van der Waals surface area contributed by atoms with Gasteiger partial charge in [-0.15, -0.1) is 0 Å². The molecule has 0 unspecified atom stereocenters. The summed E-state index contributed by atoms with van der Waals surface area (Å²) in [5.74, 6) is -0.0313. The van der Waals surface area contributed by atoms with Crippen LogP contribution in [0.1, 0.15) is 25.8 Å². The molecule has 1 aromatic carbocycles. The molecule has 1 heterocycles. The smallest absolute Gasteiger partial charge is 0.229 e. The van der Waals surface area contributed by atoms with Crippen molar-refractivity contribution in [3.8, 4) is 6.07 Å². The summed E-state index contributed by atoms with van der Waals surface area (Å²) in [5.41, 5.74) is 0.378. The minimum atomic E-state index is -3.80. The highest BCUT2D eigenvalue weighted by atomic mass is 32.2. The summed E-state index contributed by atoms with van der Waals surface area (Å²) in [5, 5.41) is 8.81. The van der Waals surface area contributed by atoms with Crippen molar-refractivity contribution in [1.82, 2.24) is 4.31 Å². The summed E-state index contributed by atoms with van der Waals surface area (Å²) in [6, 6.07) is 7.11. The number of rotatable bonds is 5. The molecular formula is C15H20N2O4S2. The Kier molecular flexibility index (Phi) is 5.14. The van der Waals surface area contributed by atoms with Crippen LogP contribution in [0.2, 0.25) is 0 Å². The summed E-state index contributed by atoms with van der Waals surface area (Å²) in [7, 11) is -6.97. The molecule has 0 spiro atoms. The van der Waals surface area contributed by atoms with Crippen molar-refractivity contribution in [1.29, 1.82) is 5.26 Å². The van der Waals surface area contributed by atoms with E-state index < -0.39 is 25.9 Å². The van der Waals surface area contributed by atoms with Crippen molar-refractivity contribution in [3.05, 3.63) is 29.8 Å². The van der Waals surface area contributed by atoms with E-state index in [9.17, 15) is 16.8 Å². The van der Waals surface area contributed by atoms with E-state index in [4.69, 9.17) is 5.26 Å². The Bertz CT molecular complexity index is 806. The number of nitriles is 1. The third-order valence-electron chi connectivity index (χ3n) is 3.75. The van der Waals surface area contributed by atoms with Gasteiger partial charge in [-0.1, -0.05) is 13.8 Å². The summed E-state index contributed by atoms with van der Waals surface area (Å²) >= 11 is 0. The highest BCUT2D eigenvalue weighted by Gasteiger charge is 2.38. The van der Waals surface area contributed by atoms with Crippen LogP contribution >= 0.6 is 0 Å². The van der Waals surface area contributed by atoms with Crippen LogP contribution in [-0.2, 0) is 19.9 Å². The maximum absolute atomic E-state index is 12.9. The molecule has 0 amide bonds. The van der Waals surface area contributed by atoms with Crippen molar-refractivity contribution in [2.45, 2.75) is 31.2 Å². The van der Waals surface area contributed by atoms with Crippen LogP contribution in [0.15, 0.2) is 29.2 Å². The van der Waals surface area contributed by atoms with E-state index in [0.29, 0.717) is 12.0 Å². The van der Waals surface area contributed by atoms with E-state index in [-0.39, 0.29) is 28.9 Å². The maximum Gasteiger partial charge on any atom is 0.243 e. The van der Waals surface area contributed by atoms with Gasteiger partial charge in [0.15, 0.2) is 9.84 Å². The molecule has 8 heteroatoms. The van der Waals surface area contributed by atoms with Crippen LogP contribution in [-0.4, -0.2) is 45.2 Å². The fourth-order valence-corrected chi connectivity index (χ4v) is 6.29. The lowest BCUT2D eigenvalue weighted by Gasteiger charge is -2.29. The average Bonchev–Trinajstić information content (AvgIpc) is 2.84. The second kappa shape index (κ2) is 6.59. The lowest BCUT2D eigenvalue weighted by Crippen LogP contribution is -2.43. The molecule has 23 heavy (non-hydrogen) atoms. The number of sulfone groups is 1. The minimum Gasteiger partial charge on any atom is -0.229 e. The van der Waals surface area contributed by atoms with E-state index in [0.717, 1.165) is 0 Å². The van der Waals surface area contributed by atoms with Crippen molar-refractivity contribution in [2.75, 3.05) is 18.1 Å². The van der Waals surface area contributed by atoms with Crippen LogP contribution in [0.4, 0.5) is 0 Å². The average molecular weight is 356 g/mol. The first-order valence-electron chi connectivity index (χ1n) is 7.38. The molecule has 1 fully saturated rings. The first kappa shape index (κ1) is 17.9. The Hall–Kier alpha value is -1.43. The van der Waals surface area contributed by atoms with Gasteiger partial charge in [-0.25, -0.2) is 16.8 Å². The topological polar surface area (TPSA) is 95.3 Å². The van der Waals surface area contributed by atoms with Crippen LogP contribution in [0.25, 0.3) is 0 Å². The normalized spacial score (nSPS) is 20.7. The van der Waals surface area contributed by atoms with Crippen LogP contribution in [0.5, 0.6) is 0 Å². The van der Waals surface area contributed by atoms with E-state index in [1.807, 2.05) is 19.9 Å². The molecular weight excluding hydrogens is 336 g/mol. The van der Waals surface area contributed by atoms with Crippen LogP contribution in [0, 0.1) is 17.2 Å². The highest BCUT2D eigenvalue weighted by molar-refractivity contribution is 7.92. The van der Waals surface area contributed by atoms with Crippen molar-refractivity contribution < 1.29 is 16.8 Å². The fourth-order valence-electron chi connectivity index (χ4n) is 2.64. The van der Waals surface area contributed by atoms with E-state index in [2.05, 4.69) is 0 Å². The Morgan fingerprint density at radius 1 is 1.30 bits per heavy atom. The lowest BCUT2D eigenvalue weighted by molar-refractivity contribution is 0.308. The monoisotopic (exact) mass is 356 g/mol. The predicted octanol–water partition coefficient (Wildman–Crippen LogP) is 1.39. The first-order chi connectivity index (χ1) is 10.7. The Morgan fingerprint density at radius 3 is 2.35 bits per heavy atom. The molecule has 1 saturated heterocycles. The molecule has 0 radical (unpaired) electrons. The molecule has 0 bridgehead atoms. The van der Waals surface area contributed by atoms with E-state index in [1.54, 1.807) is 0 Å². The molecule has 126 valence electrons. The molecule has 1 aliphatic rings. The van der Waals surface area contributed by atoms with Gasteiger partial charge in [-0.05, 0) is 36.6 Å². The van der Waals surface area contributed by atoms with Gasteiger partial charge in [0.25, 0.3) is 0 Å². The van der Waals surface area contributed by atoms with Crippen molar-refractivity contribution in [3.63, 3.8) is 0 Å². The van der Waals surface area contributed by atoms with Gasteiger partial charge in [0.05, 0.1) is 28.0 Å². The zero-order valence-corrected chi connectivity index (χ0v) is 14.8. The zero-order chi connectivity index (χ0) is 17.3. The lowest BCUT2D eigenvalue weighted by atomic mass is 10.2. The Morgan fingerprint density at radius 2 is 1.91 bits per heavy atom. The largest absolute Gasteiger partial charge is 0.243 e. The third kappa shape index (κ3) is 4.10. The number of nitrogens with zero attached hydrogens (tertiary/aromatic N) is 2. The molecule has 0 aliphatic carbocycles. The van der Waals surface area contributed by atoms with Gasteiger partial charge in [-0.2, -0.15) is 9.57 Å². The fraction of sp³-hybridized carbons (Fsp3) is 0.533. The molecule has 1 atom stereocenters. The van der Waals surface area contributed by atoms with Crippen LogP contribution in [0.3, 0.4) is 0 Å². The summed E-state index contributed by atoms with van der Waals surface area (Å²) in [6.07, 6.45) is 0.324. The van der Waals surface area contributed by atoms with E-state index >= 15 is 0 Å². The standard InChI is InChI=1S/C15H20N2O4S2/c1-12(2)10-17(14-7-8-22(18,19)11-14)23(20,21)15-5-3-13(9-16)4-6-15/h3-6,12,14H,7-8,10-11H2,1-2H3/t14-/m1/s1. The number of hydrogen-bond donors (Lipinski definition) is 0. The van der Waals surface area contributed by atoms with Gasteiger partial charge in [-0.3, -0.25) is 0 Å². The number of benzene rings is 1. The SMILES string of the molecule is CC(C)CN([C@@H]1CCS(=O)(=O)C1)S(=O)(=O)c1ccc(C#N)cc1. The van der Waals surface area contributed by atoms with E-state index in [1.165, 1.54) is 28.6 Å². The summed E-state index contributed by atoms with van der Waals surface area (Å²) in [6.45, 7) is 4.05. The first-order valence-corrected chi connectivity index (χ1v) is 10.6. The molecule has 1 aliphatic heterocycles. The molecule has 2 rings (SSSR count). The second-order valence-electron chi connectivity index (χ2n) is 6.16. The quantitative estimate of drug-likeness (QED) is 0.794. The third-order valence-corrected chi connectivity index (χ3v) is 7.43. The maximum atomic E-state index is 12.9. The van der Waals surface area contributed by atoms with Crippen molar-refractivity contribution >= 4 is 19.9 Å². The minimum absolute atomic E-state index is 0.0230. The second-order valence-corrected chi connectivity index (χ2v) is 10.3. The summed E-state index contributed by atoms with van der Waals surface area (Å²) in [4.78, 5) is 0.0847. The van der Waals surface area contributed by atoms with Crippen LogP contribution < -0.4 is 0 Å². The molecule has 0 N–H and O–H groups in total. The van der Waals surface area contributed by atoms with Gasteiger partial charge in [0.1, 0.15) is 0 Å². The molecule has 0 aromatic heterocycles. The Balaban J connectivity index is 2.39. The van der Waals surface area contributed by atoms with Gasteiger partial charge in [0.2, 0.25) is 10.0 Å². The highest BCUT2D eigenvalue weighted by Crippen LogP contribution is 2.26. The van der Waals surface area contributed by atoms with Gasteiger partial charge < -0.3 is 0 Å². The molecule has 0 saturated carbocycles. The molecule has 6 nitrogen and oxygen atoms in total. The Labute approximate surface area is 137 Å². The van der Waals surface area contributed by atoms with Gasteiger partial charge >= 0.3 is 0 Å². The summed E-state index contributed by atoms with van der Waals surface area (Å²) < 4.78 is 50.6. The van der Waals surface area contributed by atoms with Gasteiger partial charge in [0, 0.05) is 12.6 Å². The predicted molar refractivity (Wildman–Crippen MR) is 86.9 cm³/mol. The molecule has 1 aromatic rings. The number of sulfonamides is 1.